The summed E-state index contributed by atoms with van der Waals surface area (Å²) in [5.74, 6) is 0.430. The van der Waals surface area contributed by atoms with Gasteiger partial charge in [0.05, 0.1) is 11.3 Å². The molecule has 2 aromatic heterocycles. The normalized spacial score (nSPS) is 10.9. The molecule has 1 aromatic carbocycles. The number of benzene rings is 1. The van der Waals surface area contributed by atoms with Gasteiger partial charge in [-0.25, -0.2) is 0 Å². The second kappa shape index (κ2) is 3.59. The zero-order valence-electron chi connectivity index (χ0n) is 9.37. The summed E-state index contributed by atoms with van der Waals surface area (Å²) in [7, 11) is 0. The lowest BCUT2D eigenvalue weighted by Crippen LogP contribution is -2.35. The van der Waals surface area contributed by atoms with Crippen molar-refractivity contribution in [1.82, 2.24) is 9.50 Å². The second-order valence-electron chi connectivity index (χ2n) is 3.91. The minimum Gasteiger partial charge on any atom is -0.692 e. The van der Waals surface area contributed by atoms with Crippen LogP contribution in [0.4, 0.5) is 0 Å². The maximum atomic E-state index is 12.2. The Morgan fingerprint density at radius 2 is 1.82 bits per heavy atom. The van der Waals surface area contributed by atoms with Crippen molar-refractivity contribution < 1.29 is 4.85 Å². The smallest absolute Gasteiger partial charge is 0.355 e. The van der Waals surface area contributed by atoms with E-state index in [4.69, 9.17) is 0 Å². The molecule has 4 nitrogen and oxygen atoms in total. The fraction of sp³-hybridized carbons (Fsp3) is 0.0769. The van der Waals surface area contributed by atoms with Crippen molar-refractivity contribution in [2.45, 2.75) is 6.92 Å². The van der Waals surface area contributed by atoms with Crippen molar-refractivity contribution in [3.63, 3.8) is 0 Å². The van der Waals surface area contributed by atoms with Crippen LogP contribution in [0.5, 0.6) is 0 Å². The molecule has 0 saturated heterocycles. The van der Waals surface area contributed by atoms with Gasteiger partial charge in [-0.1, -0.05) is 24.3 Å². The van der Waals surface area contributed by atoms with E-state index in [0.717, 1.165) is 16.1 Å². The molecular formula is C13H11N3O. The lowest BCUT2D eigenvalue weighted by Gasteiger charge is -2.03. The number of fused-ring (bicyclic) bond motifs is 1. The van der Waals surface area contributed by atoms with Gasteiger partial charge < -0.3 is 5.21 Å². The SMILES string of the molecule is Cc1cccc2nc(-c3ccccc3)[n+]([O-])n12. The van der Waals surface area contributed by atoms with Gasteiger partial charge in [0.1, 0.15) is 0 Å². The van der Waals surface area contributed by atoms with Crippen molar-refractivity contribution in [3.8, 4) is 11.4 Å². The van der Waals surface area contributed by atoms with Gasteiger partial charge in [-0.15, -0.1) is 9.36 Å². The van der Waals surface area contributed by atoms with Gasteiger partial charge in [0.15, 0.2) is 0 Å². The Morgan fingerprint density at radius 1 is 1.06 bits per heavy atom. The van der Waals surface area contributed by atoms with Crippen molar-refractivity contribution >= 4 is 5.65 Å². The monoisotopic (exact) mass is 225 g/mol. The van der Waals surface area contributed by atoms with Gasteiger partial charge in [-0.3, -0.25) is 0 Å². The molecule has 0 radical (unpaired) electrons. The highest BCUT2D eigenvalue weighted by atomic mass is 16.5. The van der Waals surface area contributed by atoms with Crippen molar-refractivity contribution in [2.75, 3.05) is 0 Å². The van der Waals surface area contributed by atoms with Gasteiger partial charge in [-0.2, -0.15) is 0 Å². The first-order valence-electron chi connectivity index (χ1n) is 5.41. The summed E-state index contributed by atoms with van der Waals surface area (Å²) in [5, 5.41) is 12.2. The first-order valence-corrected chi connectivity index (χ1v) is 5.41. The van der Waals surface area contributed by atoms with Gasteiger partial charge in [0, 0.05) is 6.07 Å². The number of rotatable bonds is 1. The van der Waals surface area contributed by atoms with E-state index in [2.05, 4.69) is 4.98 Å². The lowest BCUT2D eigenvalue weighted by molar-refractivity contribution is -0.667. The summed E-state index contributed by atoms with van der Waals surface area (Å²) in [6.07, 6.45) is 0. The highest BCUT2D eigenvalue weighted by Gasteiger charge is 2.18. The molecule has 0 aliphatic rings. The number of hydrogen-bond acceptors (Lipinski definition) is 2. The standard InChI is InChI=1S/C13H11N3O/c1-10-6-5-9-12-14-13(16(17)15(10)12)11-7-3-2-4-8-11/h2-9H,1H3. The Labute approximate surface area is 98.3 Å². The Balaban J connectivity index is 2.33. The van der Waals surface area contributed by atoms with E-state index in [1.165, 1.54) is 0 Å². The number of hydrogen-bond donors (Lipinski definition) is 0. The molecule has 0 spiro atoms. The number of nitrogens with zero attached hydrogens (tertiary/aromatic N) is 3. The molecule has 3 aromatic rings. The van der Waals surface area contributed by atoms with Crippen molar-refractivity contribution in [1.29, 1.82) is 0 Å². The van der Waals surface area contributed by atoms with Crippen LogP contribution in [-0.2, 0) is 0 Å². The predicted octanol–water partition coefficient (Wildman–Crippen LogP) is 1.94. The molecule has 0 saturated carbocycles. The fourth-order valence-corrected chi connectivity index (χ4v) is 1.92. The number of aryl methyl sites for hydroxylation is 1. The van der Waals surface area contributed by atoms with Crippen LogP contribution in [-0.4, -0.2) is 9.50 Å². The van der Waals surface area contributed by atoms with E-state index in [1.54, 1.807) is 4.52 Å². The summed E-state index contributed by atoms with van der Waals surface area (Å²) >= 11 is 0. The topological polar surface area (TPSA) is 44.2 Å². The van der Waals surface area contributed by atoms with Crippen LogP contribution in [0.15, 0.2) is 48.5 Å². The van der Waals surface area contributed by atoms with E-state index >= 15 is 0 Å². The molecule has 0 unspecified atom stereocenters. The maximum absolute atomic E-state index is 12.2. The molecular weight excluding hydrogens is 214 g/mol. The van der Waals surface area contributed by atoms with Gasteiger partial charge >= 0.3 is 5.82 Å². The summed E-state index contributed by atoms with van der Waals surface area (Å²) in [5.41, 5.74) is 2.36. The molecule has 0 bridgehead atoms. The van der Waals surface area contributed by atoms with Crippen molar-refractivity contribution in [3.05, 3.63) is 59.4 Å². The van der Waals surface area contributed by atoms with E-state index in [-0.39, 0.29) is 0 Å². The Morgan fingerprint density at radius 3 is 2.53 bits per heavy atom. The zero-order valence-corrected chi connectivity index (χ0v) is 9.37. The summed E-state index contributed by atoms with van der Waals surface area (Å²) in [4.78, 5) is 5.19. The minimum atomic E-state index is 0.430. The van der Waals surface area contributed by atoms with Gasteiger partial charge in [0.25, 0.3) is 5.65 Å². The largest absolute Gasteiger partial charge is 0.692 e. The molecule has 84 valence electrons. The molecule has 0 atom stereocenters. The van der Waals surface area contributed by atoms with Crippen LogP contribution >= 0.6 is 0 Å². The quantitative estimate of drug-likeness (QED) is 0.469. The van der Waals surface area contributed by atoms with Crippen LogP contribution in [0, 0.1) is 12.1 Å². The molecule has 0 aliphatic heterocycles. The Kier molecular flexibility index (Phi) is 2.08. The molecule has 17 heavy (non-hydrogen) atoms. The third-order valence-electron chi connectivity index (χ3n) is 2.75. The third-order valence-corrected chi connectivity index (χ3v) is 2.75. The highest BCUT2D eigenvalue weighted by Crippen LogP contribution is 2.14. The van der Waals surface area contributed by atoms with E-state index < -0.39 is 0 Å². The molecule has 0 aliphatic carbocycles. The number of pyridine rings is 1. The highest BCUT2D eigenvalue weighted by molar-refractivity contribution is 5.55. The molecule has 0 amide bonds. The zero-order chi connectivity index (χ0) is 11.8. The first-order chi connectivity index (χ1) is 8.27. The molecule has 2 heterocycles. The molecule has 3 rings (SSSR count). The first kappa shape index (κ1) is 9.84. The predicted molar refractivity (Wildman–Crippen MR) is 64.3 cm³/mol. The van der Waals surface area contributed by atoms with Crippen LogP contribution in [0.1, 0.15) is 5.69 Å². The van der Waals surface area contributed by atoms with Gasteiger partial charge in [0.2, 0.25) is 0 Å². The van der Waals surface area contributed by atoms with Crippen LogP contribution in [0.3, 0.4) is 0 Å². The van der Waals surface area contributed by atoms with E-state index in [9.17, 15) is 5.21 Å². The van der Waals surface area contributed by atoms with Crippen LogP contribution in [0.2, 0.25) is 0 Å². The number of aromatic nitrogens is 3. The van der Waals surface area contributed by atoms with E-state index in [1.807, 2.05) is 55.5 Å². The lowest BCUT2D eigenvalue weighted by atomic mass is 10.2. The summed E-state index contributed by atoms with van der Waals surface area (Å²) in [6.45, 7) is 1.89. The fourth-order valence-electron chi connectivity index (χ4n) is 1.92. The molecule has 0 fully saturated rings. The maximum Gasteiger partial charge on any atom is 0.355 e. The molecule has 0 N–H and O–H groups in total. The Bertz CT molecular complexity index is 674. The third kappa shape index (κ3) is 1.45. The van der Waals surface area contributed by atoms with Crippen LogP contribution in [0.25, 0.3) is 17.0 Å². The molecule has 4 heteroatoms. The Hall–Kier alpha value is -2.36. The minimum absolute atomic E-state index is 0.430. The van der Waals surface area contributed by atoms with E-state index in [0.29, 0.717) is 11.5 Å². The van der Waals surface area contributed by atoms with Crippen LogP contribution < -0.4 is 4.85 Å². The second-order valence-corrected chi connectivity index (χ2v) is 3.91. The summed E-state index contributed by atoms with van der Waals surface area (Å²) < 4.78 is 1.56. The average Bonchev–Trinajstić information content (AvgIpc) is 2.69. The summed E-state index contributed by atoms with van der Waals surface area (Å²) in [6, 6.07) is 15.1. The van der Waals surface area contributed by atoms with Gasteiger partial charge in [-0.05, 0) is 30.1 Å². The average molecular weight is 225 g/mol. The van der Waals surface area contributed by atoms with Crippen molar-refractivity contribution in [2.24, 2.45) is 0 Å².